The summed E-state index contributed by atoms with van der Waals surface area (Å²) < 4.78 is 16.8. The topological polar surface area (TPSA) is 68.8 Å². The minimum Gasteiger partial charge on any atom is -0.490 e. The predicted molar refractivity (Wildman–Crippen MR) is 101 cm³/mol. The molecule has 1 saturated carbocycles. The fourth-order valence-corrected chi connectivity index (χ4v) is 3.42. The van der Waals surface area contributed by atoms with Gasteiger partial charge < -0.3 is 24.8 Å². The number of ether oxygens (including phenoxy) is 3. The summed E-state index contributed by atoms with van der Waals surface area (Å²) in [6.07, 6.45) is 4.97. The molecule has 0 aromatic heterocycles. The van der Waals surface area contributed by atoms with E-state index >= 15 is 0 Å². The quantitative estimate of drug-likeness (QED) is 0.815. The number of para-hydroxylation sites is 1. The predicted octanol–water partition coefficient (Wildman–Crippen LogP) is 3.74. The van der Waals surface area contributed by atoms with E-state index in [1.54, 1.807) is 0 Å². The van der Waals surface area contributed by atoms with Crippen molar-refractivity contribution in [3.63, 3.8) is 0 Å². The van der Waals surface area contributed by atoms with Gasteiger partial charge in [-0.25, -0.2) is 4.79 Å². The zero-order chi connectivity index (χ0) is 18.5. The van der Waals surface area contributed by atoms with E-state index in [9.17, 15) is 4.79 Å². The molecule has 1 aliphatic carbocycles. The smallest absolute Gasteiger partial charge is 0.315 e. The van der Waals surface area contributed by atoms with Gasteiger partial charge in [0.2, 0.25) is 6.79 Å². The summed E-state index contributed by atoms with van der Waals surface area (Å²) in [4.78, 5) is 12.2. The molecule has 0 spiro atoms. The van der Waals surface area contributed by atoms with Crippen molar-refractivity contribution in [3.8, 4) is 17.2 Å². The largest absolute Gasteiger partial charge is 0.490 e. The van der Waals surface area contributed by atoms with Crippen molar-refractivity contribution >= 4 is 6.03 Å². The summed E-state index contributed by atoms with van der Waals surface area (Å²) in [5, 5.41) is 5.77. The number of rotatable bonds is 6. The first-order valence-electron chi connectivity index (χ1n) is 9.43. The molecule has 2 amide bonds. The molecule has 2 aromatic rings. The van der Waals surface area contributed by atoms with Crippen molar-refractivity contribution in [3.05, 3.63) is 53.6 Å². The molecule has 4 rings (SSSR count). The fraction of sp³-hybridized carbons (Fsp3) is 0.381. The average molecular weight is 368 g/mol. The number of hydrogen-bond acceptors (Lipinski definition) is 4. The van der Waals surface area contributed by atoms with Gasteiger partial charge in [-0.2, -0.15) is 0 Å². The zero-order valence-corrected chi connectivity index (χ0v) is 15.2. The molecule has 0 radical (unpaired) electrons. The van der Waals surface area contributed by atoms with E-state index in [1.807, 2.05) is 42.5 Å². The van der Waals surface area contributed by atoms with Crippen LogP contribution in [0.25, 0.3) is 0 Å². The van der Waals surface area contributed by atoms with E-state index in [4.69, 9.17) is 14.2 Å². The minimum atomic E-state index is -0.219. The second kappa shape index (κ2) is 8.20. The number of urea groups is 1. The summed E-state index contributed by atoms with van der Waals surface area (Å²) in [5.41, 5.74) is 1.95. The zero-order valence-electron chi connectivity index (χ0n) is 15.2. The maximum atomic E-state index is 12.2. The standard InChI is InChI=1S/C21H24N2O4/c24-21(22-12-15-9-10-19-20(11-15)26-14-25-19)23-13-16-5-1-4-8-18(16)27-17-6-2-3-7-17/h1,4-5,8-11,17H,2-3,6-7,12-14H2,(H2,22,23,24). The molecule has 2 N–H and O–H groups in total. The van der Waals surface area contributed by atoms with Gasteiger partial charge in [0.1, 0.15) is 5.75 Å². The van der Waals surface area contributed by atoms with Crippen LogP contribution >= 0.6 is 0 Å². The van der Waals surface area contributed by atoms with Crippen molar-refractivity contribution in [2.45, 2.75) is 44.9 Å². The number of carbonyl (C=O) groups is 1. The second-order valence-corrected chi connectivity index (χ2v) is 6.86. The van der Waals surface area contributed by atoms with Gasteiger partial charge in [-0.15, -0.1) is 0 Å². The number of carbonyl (C=O) groups excluding carboxylic acids is 1. The Kier molecular flexibility index (Phi) is 5.32. The van der Waals surface area contributed by atoms with Crippen molar-refractivity contribution in [2.75, 3.05) is 6.79 Å². The maximum absolute atomic E-state index is 12.2. The average Bonchev–Trinajstić information content (AvgIpc) is 3.37. The fourth-order valence-electron chi connectivity index (χ4n) is 3.42. The van der Waals surface area contributed by atoms with Crippen molar-refractivity contribution in [1.82, 2.24) is 10.6 Å². The molecule has 0 saturated heterocycles. The molecule has 1 aliphatic heterocycles. The van der Waals surface area contributed by atoms with Crippen LogP contribution in [-0.2, 0) is 13.1 Å². The number of benzene rings is 2. The van der Waals surface area contributed by atoms with Crippen LogP contribution in [0.3, 0.4) is 0 Å². The molecule has 0 unspecified atom stereocenters. The molecule has 142 valence electrons. The highest BCUT2D eigenvalue weighted by molar-refractivity contribution is 5.74. The lowest BCUT2D eigenvalue weighted by Crippen LogP contribution is -2.34. The number of nitrogens with one attached hydrogen (secondary N) is 2. The number of amides is 2. The van der Waals surface area contributed by atoms with Crippen LogP contribution in [0.5, 0.6) is 17.2 Å². The lowest BCUT2D eigenvalue weighted by Gasteiger charge is -2.17. The van der Waals surface area contributed by atoms with E-state index in [2.05, 4.69) is 10.6 Å². The van der Waals surface area contributed by atoms with Crippen LogP contribution in [-0.4, -0.2) is 18.9 Å². The monoisotopic (exact) mass is 368 g/mol. The van der Waals surface area contributed by atoms with Crippen molar-refractivity contribution in [2.24, 2.45) is 0 Å². The van der Waals surface area contributed by atoms with E-state index in [0.29, 0.717) is 24.9 Å². The van der Waals surface area contributed by atoms with Crippen molar-refractivity contribution in [1.29, 1.82) is 0 Å². The highest BCUT2D eigenvalue weighted by Crippen LogP contribution is 2.32. The van der Waals surface area contributed by atoms with Crippen LogP contribution < -0.4 is 24.8 Å². The van der Waals surface area contributed by atoms with Gasteiger partial charge in [-0.3, -0.25) is 0 Å². The van der Waals surface area contributed by atoms with Gasteiger partial charge in [-0.1, -0.05) is 24.3 Å². The molecular weight excluding hydrogens is 344 g/mol. The maximum Gasteiger partial charge on any atom is 0.315 e. The molecule has 2 aliphatic rings. The Bertz CT molecular complexity index is 803. The summed E-state index contributed by atoms with van der Waals surface area (Å²) >= 11 is 0. The van der Waals surface area contributed by atoms with Crippen LogP contribution in [0.4, 0.5) is 4.79 Å². The number of fused-ring (bicyclic) bond motifs is 1. The molecule has 1 fully saturated rings. The first-order chi connectivity index (χ1) is 13.3. The molecule has 6 heteroatoms. The minimum absolute atomic E-state index is 0.219. The first kappa shape index (κ1) is 17.5. The van der Waals surface area contributed by atoms with Crippen LogP contribution in [0.1, 0.15) is 36.8 Å². The summed E-state index contributed by atoms with van der Waals surface area (Å²) in [7, 11) is 0. The van der Waals surface area contributed by atoms with E-state index in [0.717, 1.165) is 35.5 Å². The van der Waals surface area contributed by atoms with Gasteiger partial charge in [-0.05, 0) is 49.4 Å². The Morgan fingerprint density at radius 3 is 2.67 bits per heavy atom. The summed E-state index contributed by atoms with van der Waals surface area (Å²) in [6, 6.07) is 13.3. The molecule has 1 heterocycles. The lowest BCUT2D eigenvalue weighted by atomic mass is 10.2. The Hall–Kier alpha value is -2.89. The summed E-state index contributed by atoms with van der Waals surface area (Å²) in [6.45, 7) is 1.09. The van der Waals surface area contributed by atoms with Gasteiger partial charge in [0.25, 0.3) is 0 Å². The molecular formula is C21H24N2O4. The van der Waals surface area contributed by atoms with Gasteiger partial charge in [0.15, 0.2) is 11.5 Å². The van der Waals surface area contributed by atoms with Crippen LogP contribution in [0, 0.1) is 0 Å². The molecule has 0 atom stereocenters. The Morgan fingerprint density at radius 1 is 1.00 bits per heavy atom. The first-order valence-corrected chi connectivity index (χ1v) is 9.43. The van der Waals surface area contributed by atoms with E-state index in [-0.39, 0.29) is 12.8 Å². The normalized spacial score (nSPS) is 15.6. The molecule has 2 aromatic carbocycles. The lowest BCUT2D eigenvalue weighted by molar-refractivity contribution is 0.174. The second-order valence-electron chi connectivity index (χ2n) is 6.86. The molecule has 0 bridgehead atoms. The Balaban J connectivity index is 1.28. The van der Waals surface area contributed by atoms with Crippen LogP contribution in [0.2, 0.25) is 0 Å². The molecule has 27 heavy (non-hydrogen) atoms. The SMILES string of the molecule is O=C(NCc1ccc2c(c1)OCO2)NCc1ccccc1OC1CCCC1. The van der Waals surface area contributed by atoms with E-state index in [1.165, 1.54) is 12.8 Å². The van der Waals surface area contributed by atoms with Gasteiger partial charge >= 0.3 is 6.03 Å². The van der Waals surface area contributed by atoms with Crippen molar-refractivity contribution < 1.29 is 19.0 Å². The van der Waals surface area contributed by atoms with Crippen LogP contribution in [0.15, 0.2) is 42.5 Å². The third-order valence-electron chi connectivity index (χ3n) is 4.90. The third kappa shape index (κ3) is 4.45. The highest BCUT2D eigenvalue weighted by atomic mass is 16.7. The Morgan fingerprint density at radius 2 is 1.78 bits per heavy atom. The Labute approximate surface area is 158 Å². The number of hydrogen-bond donors (Lipinski definition) is 2. The van der Waals surface area contributed by atoms with E-state index < -0.39 is 0 Å². The summed E-state index contributed by atoms with van der Waals surface area (Å²) in [5.74, 6) is 2.32. The highest BCUT2D eigenvalue weighted by Gasteiger charge is 2.18. The molecule has 6 nitrogen and oxygen atoms in total. The van der Waals surface area contributed by atoms with Gasteiger partial charge in [0.05, 0.1) is 6.10 Å². The van der Waals surface area contributed by atoms with Gasteiger partial charge in [0, 0.05) is 18.7 Å². The third-order valence-corrected chi connectivity index (χ3v) is 4.90.